The number of nitrogens with zero attached hydrogens (tertiary/aromatic N) is 2. The van der Waals surface area contributed by atoms with Gasteiger partial charge >= 0.3 is 17.8 Å². The Morgan fingerprint density at radius 1 is 1.04 bits per heavy atom. The Bertz CT molecular complexity index is 749. The molecule has 3 rings (SSSR count). The average Bonchev–Trinajstić information content (AvgIpc) is 2.84. The number of hydrogen-bond acceptors (Lipinski definition) is 4. The van der Waals surface area contributed by atoms with E-state index in [9.17, 15) is 19.2 Å². The molecule has 0 aromatic heterocycles. The Hall–Kier alpha value is -2.70. The summed E-state index contributed by atoms with van der Waals surface area (Å²) in [5.41, 5.74) is 0.739. The van der Waals surface area contributed by atoms with E-state index in [1.165, 1.54) is 0 Å². The van der Waals surface area contributed by atoms with Gasteiger partial charge in [0.1, 0.15) is 6.54 Å². The van der Waals surface area contributed by atoms with Gasteiger partial charge in [-0.3, -0.25) is 19.3 Å². The van der Waals surface area contributed by atoms with Crippen molar-refractivity contribution in [1.82, 2.24) is 15.1 Å². The predicted molar refractivity (Wildman–Crippen MR) is 98.2 cm³/mol. The number of amides is 5. The van der Waals surface area contributed by atoms with Gasteiger partial charge in [-0.2, -0.15) is 0 Å². The molecule has 0 bridgehead atoms. The molecule has 1 aromatic carbocycles. The van der Waals surface area contributed by atoms with Crippen LogP contribution in [0.5, 0.6) is 0 Å². The maximum Gasteiger partial charge on any atom is 0.335 e. The molecule has 1 aliphatic carbocycles. The number of imide groups is 2. The molecule has 0 unspecified atom stereocenters. The number of benzene rings is 1. The van der Waals surface area contributed by atoms with E-state index in [4.69, 9.17) is 0 Å². The van der Waals surface area contributed by atoms with Crippen LogP contribution in [-0.4, -0.2) is 46.1 Å². The van der Waals surface area contributed by atoms with Crippen molar-refractivity contribution in [3.63, 3.8) is 0 Å². The first kappa shape index (κ1) is 19.1. The van der Waals surface area contributed by atoms with Crippen LogP contribution in [0.4, 0.5) is 4.79 Å². The van der Waals surface area contributed by atoms with Crippen LogP contribution in [0.1, 0.15) is 38.7 Å². The van der Waals surface area contributed by atoms with Gasteiger partial charge in [0.15, 0.2) is 0 Å². The molecule has 3 atom stereocenters. The molecule has 1 saturated heterocycles. The predicted octanol–water partition coefficient (Wildman–Crippen LogP) is 1.92. The second-order valence-electron chi connectivity index (χ2n) is 7.49. The summed E-state index contributed by atoms with van der Waals surface area (Å²) in [6.07, 6.45) is 3.07. The zero-order valence-electron chi connectivity index (χ0n) is 15.7. The fraction of sp³-hybridized carbons (Fsp3) is 0.500. The highest BCUT2D eigenvalue weighted by atomic mass is 16.2. The number of rotatable bonds is 5. The van der Waals surface area contributed by atoms with E-state index in [1.807, 2.05) is 6.07 Å². The maximum atomic E-state index is 12.5. The molecular weight excluding hydrogens is 346 g/mol. The maximum absolute atomic E-state index is 12.5. The number of carbonyl (C=O) groups excluding carboxylic acids is 4. The van der Waals surface area contributed by atoms with Crippen molar-refractivity contribution < 1.29 is 19.2 Å². The molecule has 1 aliphatic heterocycles. The summed E-state index contributed by atoms with van der Waals surface area (Å²) < 4.78 is 0. The lowest BCUT2D eigenvalue weighted by molar-refractivity contribution is -0.144. The van der Waals surface area contributed by atoms with Crippen LogP contribution in [0.3, 0.4) is 0 Å². The van der Waals surface area contributed by atoms with Crippen molar-refractivity contribution in [1.29, 1.82) is 0 Å². The van der Waals surface area contributed by atoms with E-state index in [0.29, 0.717) is 11.8 Å². The summed E-state index contributed by atoms with van der Waals surface area (Å²) in [5, 5.41) is 2.93. The number of nitrogens with one attached hydrogen (secondary N) is 1. The third kappa shape index (κ3) is 4.02. The quantitative estimate of drug-likeness (QED) is 0.633. The minimum atomic E-state index is -0.948. The van der Waals surface area contributed by atoms with Crippen LogP contribution < -0.4 is 5.32 Å². The molecule has 0 radical (unpaired) electrons. The van der Waals surface area contributed by atoms with E-state index in [-0.39, 0.29) is 12.6 Å². The molecule has 1 saturated carbocycles. The van der Waals surface area contributed by atoms with Gasteiger partial charge in [0, 0.05) is 6.04 Å². The van der Waals surface area contributed by atoms with Crippen molar-refractivity contribution in [3.8, 4) is 0 Å². The van der Waals surface area contributed by atoms with Crippen molar-refractivity contribution in [2.45, 2.75) is 45.7 Å². The van der Waals surface area contributed by atoms with Gasteiger partial charge in [0.25, 0.3) is 0 Å². The normalized spacial score (nSPS) is 25.9. The van der Waals surface area contributed by atoms with E-state index < -0.39 is 30.3 Å². The molecule has 0 spiro atoms. The lowest BCUT2D eigenvalue weighted by Gasteiger charge is -2.34. The highest BCUT2D eigenvalue weighted by Gasteiger charge is 2.45. The van der Waals surface area contributed by atoms with Gasteiger partial charge in [-0.25, -0.2) is 9.69 Å². The summed E-state index contributed by atoms with van der Waals surface area (Å²) in [7, 11) is 0. The van der Waals surface area contributed by atoms with Crippen LogP contribution in [0, 0.1) is 11.8 Å². The molecule has 2 fully saturated rings. The lowest BCUT2D eigenvalue weighted by atomic mass is 9.78. The Kier molecular flexibility index (Phi) is 5.58. The Balaban J connectivity index is 1.62. The van der Waals surface area contributed by atoms with Crippen LogP contribution >= 0.6 is 0 Å². The topological polar surface area (TPSA) is 86.8 Å². The first-order valence-electron chi connectivity index (χ1n) is 9.39. The smallest absolute Gasteiger partial charge is 0.335 e. The fourth-order valence-corrected chi connectivity index (χ4v) is 3.78. The Labute approximate surface area is 158 Å². The SMILES string of the molecule is C[C@H]1[C@@H](NC(=O)CN2C(=O)C(=O)N(Cc3ccccc3)C2=O)CCC[C@@H]1C. The molecule has 1 N–H and O–H groups in total. The summed E-state index contributed by atoms with van der Waals surface area (Å²) in [5.74, 6) is -1.39. The first-order chi connectivity index (χ1) is 12.9. The minimum absolute atomic E-state index is 0.0134. The van der Waals surface area contributed by atoms with Gasteiger partial charge in [0.05, 0.1) is 6.54 Å². The zero-order valence-corrected chi connectivity index (χ0v) is 15.7. The monoisotopic (exact) mass is 371 g/mol. The van der Waals surface area contributed by atoms with Gasteiger partial charge in [-0.15, -0.1) is 0 Å². The molecule has 7 heteroatoms. The van der Waals surface area contributed by atoms with Crippen LogP contribution in [0.15, 0.2) is 30.3 Å². The molecule has 2 aliphatic rings. The third-order valence-corrected chi connectivity index (χ3v) is 5.67. The number of urea groups is 1. The average molecular weight is 371 g/mol. The molecule has 1 aromatic rings. The number of carbonyl (C=O) groups is 4. The van der Waals surface area contributed by atoms with Gasteiger partial charge < -0.3 is 5.32 Å². The van der Waals surface area contributed by atoms with Crippen LogP contribution in [0.25, 0.3) is 0 Å². The fourth-order valence-electron chi connectivity index (χ4n) is 3.78. The van der Waals surface area contributed by atoms with E-state index in [2.05, 4.69) is 19.2 Å². The second kappa shape index (κ2) is 7.90. The Morgan fingerprint density at radius 2 is 1.70 bits per heavy atom. The molecule has 144 valence electrons. The summed E-state index contributed by atoms with van der Waals surface area (Å²) >= 11 is 0. The number of hydrogen-bond donors (Lipinski definition) is 1. The van der Waals surface area contributed by atoms with E-state index in [1.54, 1.807) is 24.3 Å². The second-order valence-corrected chi connectivity index (χ2v) is 7.49. The van der Waals surface area contributed by atoms with Crippen molar-refractivity contribution >= 4 is 23.8 Å². The summed E-state index contributed by atoms with van der Waals surface area (Å²) in [6.45, 7) is 3.86. The zero-order chi connectivity index (χ0) is 19.6. The van der Waals surface area contributed by atoms with Crippen molar-refractivity contribution in [3.05, 3.63) is 35.9 Å². The van der Waals surface area contributed by atoms with Gasteiger partial charge in [0.2, 0.25) is 5.91 Å². The van der Waals surface area contributed by atoms with Gasteiger partial charge in [-0.05, 0) is 23.8 Å². The molecule has 27 heavy (non-hydrogen) atoms. The summed E-state index contributed by atoms with van der Waals surface area (Å²) in [4.78, 5) is 50.9. The van der Waals surface area contributed by atoms with Crippen LogP contribution in [0.2, 0.25) is 0 Å². The van der Waals surface area contributed by atoms with Crippen molar-refractivity contribution in [2.24, 2.45) is 11.8 Å². The molecule has 7 nitrogen and oxygen atoms in total. The lowest BCUT2D eigenvalue weighted by Crippen LogP contribution is -2.48. The Morgan fingerprint density at radius 3 is 2.41 bits per heavy atom. The van der Waals surface area contributed by atoms with Crippen LogP contribution in [-0.2, 0) is 20.9 Å². The minimum Gasteiger partial charge on any atom is -0.352 e. The van der Waals surface area contributed by atoms with Gasteiger partial charge in [-0.1, -0.05) is 57.0 Å². The van der Waals surface area contributed by atoms with E-state index >= 15 is 0 Å². The summed E-state index contributed by atoms with van der Waals surface area (Å²) in [6, 6.07) is 8.24. The molecule has 5 amide bonds. The first-order valence-corrected chi connectivity index (χ1v) is 9.39. The third-order valence-electron chi connectivity index (χ3n) is 5.67. The largest absolute Gasteiger partial charge is 0.352 e. The molecule has 1 heterocycles. The standard InChI is InChI=1S/C20H25N3O4/c1-13-7-6-10-16(14(13)2)21-17(24)12-23-19(26)18(25)22(20(23)27)11-15-8-4-3-5-9-15/h3-5,8-9,13-14,16H,6-7,10-12H2,1-2H3,(H,21,24)/t13-,14+,16-/m0/s1. The van der Waals surface area contributed by atoms with E-state index in [0.717, 1.165) is 34.6 Å². The highest BCUT2D eigenvalue weighted by Crippen LogP contribution is 2.29. The molecular formula is C20H25N3O4. The highest BCUT2D eigenvalue weighted by molar-refractivity contribution is 6.44. The van der Waals surface area contributed by atoms with Crippen molar-refractivity contribution in [2.75, 3.05) is 6.54 Å².